The van der Waals surface area contributed by atoms with E-state index in [0.29, 0.717) is 23.6 Å². The molecule has 1 aliphatic carbocycles. The zero-order valence-corrected chi connectivity index (χ0v) is 11.0. The molecule has 1 fully saturated rings. The summed E-state index contributed by atoms with van der Waals surface area (Å²) >= 11 is 0. The van der Waals surface area contributed by atoms with Crippen LogP contribution in [0.3, 0.4) is 0 Å². The van der Waals surface area contributed by atoms with Gasteiger partial charge < -0.3 is 9.67 Å². The summed E-state index contributed by atoms with van der Waals surface area (Å²) in [6.45, 7) is 0.360. The van der Waals surface area contributed by atoms with Crippen LogP contribution >= 0.6 is 0 Å². The van der Waals surface area contributed by atoms with Crippen molar-refractivity contribution in [2.45, 2.75) is 25.5 Å². The van der Waals surface area contributed by atoms with Gasteiger partial charge in [0.2, 0.25) is 0 Å². The van der Waals surface area contributed by atoms with E-state index in [0.717, 1.165) is 18.4 Å². The van der Waals surface area contributed by atoms with Gasteiger partial charge >= 0.3 is 0 Å². The van der Waals surface area contributed by atoms with Crippen molar-refractivity contribution in [3.05, 3.63) is 59.2 Å². The van der Waals surface area contributed by atoms with Gasteiger partial charge in [0, 0.05) is 24.5 Å². The van der Waals surface area contributed by atoms with E-state index in [1.165, 1.54) is 12.1 Å². The molecule has 0 amide bonds. The fraction of sp³-hybridized carbons (Fsp3) is 0.312. The average Bonchev–Trinajstić information content (AvgIpc) is 3.20. The smallest absolute Gasteiger partial charge is 0.128 e. The number of nitrogens with zero attached hydrogens (tertiary/aromatic N) is 2. The maximum atomic E-state index is 13.7. The molecule has 1 aromatic carbocycles. The molecule has 2 aromatic rings. The van der Waals surface area contributed by atoms with E-state index < -0.39 is 6.10 Å². The van der Waals surface area contributed by atoms with Gasteiger partial charge in [-0.3, -0.25) is 0 Å². The molecule has 0 spiro atoms. The van der Waals surface area contributed by atoms with Crippen molar-refractivity contribution in [3.8, 4) is 6.07 Å². The third kappa shape index (κ3) is 2.59. The van der Waals surface area contributed by atoms with Crippen LogP contribution in [0.15, 0.2) is 36.7 Å². The van der Waals surface area contributed by atoms with Crippen molar-refractivity contribution in [3.63, 3.8) is 0 Å². The van der Waals surface area contributed by atoms with Crippen molar-refractivity contribution in [1.29, 1.82) is 5.26 Å². The van der Waals surface area contributed by atoms with Gasteiger partial charge in [-0.1, -0.05) is 0 Å². The first kappa shape index (κ1) is 12.9. The summed E-state index contributed by atoms with van der Waals surface area (Å²) in [4.78, 5) is 0. The summed E-state index contributed by atoms with van der Waals surface area (Å²) in [6.07, 6.45) is 5.42. The zero-order chi connectivity index (χ0) is 14.1. The van der Waals surface area contributed by atoms with E-state index >= 15 is 0 Å². The van der Waals surface area contributed by atoms with Crippen LogP contribution < -0.4 is 0 Å². The predicted octanol–water partition coefficient (Wildman–Crippen LogP) is 2.99. The van der Waals surface area contributed by atoms with Gasteiger partial charge in [0.1, 0.15) is 5.82 Å². The molecule has 102 valence electrons. The molecule has 1 aliphatic rings. The van der Waals surface area contributed by atoms with Crippen molar-refractivity contribution in [2.75, 3.05) is 0 Å². The Morgan fingerprint density at radius 3 is 2.90 bits per heavy atom. The highest BCUT2D eigenvalue weighted by molar-refractivity contribution is 5.34. The SMILES string of the molecule is N#Cc1ccc(F)c(Cn2ccc(C(O)C3CC3)c2)c1. The molecule has 0 aliphatic heterocycles. The second-order valence-electron chi connectivity index (χ2n) is 5.32. The molecule has 1 saturated carbocycles. The largest absolute Gasteiger partial charge is 0.388 e. The first-order chi connectivity index (χ1) is 9.67. The standard InChI is InChI=1S/C16H15FN2O/c17-15-4-1-11(8-18)7-14(15)10-19-6-5-13(9-19)16(20)12-2-3-12/h1,4-7,9,12,16,20H,2-3,10H2. The summed E-state index contributed by atoms with van der Waals surface area (Å²) < 4.78 is 15.6. The van der Waals surface area contributed by atoms with E-state index in [1.807, 2.05) is 29.1 Å². The Morgan fingerprint density at radius 1 is 1.40 bits per heavy atom. The van der Waals surface area contributed by atoms with Gasteiger partial charge in [-0.15, -0.1) is 0 Å². The lowest BCUT2D eigenvalue weighted by Crippen LogP contribution is -2.01. The Morgan fingerprint density at radius 2 is 2.20 bits per heavy atom. The van der Waals surface area contributed by atoms with Crippen molar-refractivity contribution < 1.29 is 9.50 Å². The van der Waals surface area contributed by atoms with E-state index in [2.05, 4.69) is 0 Å². The molecule has 0 bridgehead atoms. The minimum absolute atomic E-state index is 0.318. The molecule has 20 heavy (non-hydrogen) atoms. The molecule has 0 saturated heterocycles. The third-order valence-corrected chi connectivity index (χ3v) is 3.71. The molecule has 4 heteroatoms. The molecule has 1 unspecified atom stereocenters. The van der Waals surface area contributed by atoms with Crippen LogP contribution in [0.2, 0.25) is 0 Å². The van der Waals surface area contributed by atoms with E-state index in [9.17, 15) is 9.50 Å². The van der Waals surface area contributed by atoms with Crippen molar-refractivity contribution in [2.24, 2.45) is 5.92 Å². The number of aromatic nitrogens is 1. The number of aliphatic hydroxyl groups is 1. The summed E-state index contributed by atoms with van der Waals surface area (Å²) in [5.41, 5.74) is 1.81. The highest BCUT2D eigenvalue weighted by atomic mass is 19.1. The fourth-order valence-electron chi connectivity index (χ4n) is 2.38. The molecule has 1 aromatic heterocycles. The Hall–Kier alpha value is -2.12. The van der Waals surface area contributed by atoms with Gasteiger partial charge in [0.05, 0.1) is 17.7 Å². The van der Waals surface area contributed by atoms with Crippen LogP contribution in [0.25, 0.3) is 0 Å². The van der Waals surface area contributed by atoms with Crippen molar-refractivity contribution in [1.82, 2.24) is 4.57 Å². The fourth-order valence-corrected chi connectivity index (χ4v) is 2.38. The number of aliphatic hydroxyl groups excluding tert-OH is 1. The molecule has 1 N–H and O–H groups in total. The molecule has 1 heterocycles. The van der Waals surface area contributed by atoms with Crippen molar-refractivity contribution >= 4 is 0 Å². The quantitative estimate of drug-likeness (QED) is 0.928. The minimum Gasteiger partial charge on any atom is -0.388 e. The second-order valence-corrected chi connectivity index (χ2v) is 5.32. The number of nitriles is 1. The number of hydrogen-bond acceptors (Lipinski definition) is 2. The first-order valence-corrected chi connectivity index (χ1v) is 6.69. The summed E-state index contributed by atoms with van der Waals surface area (Å²) in [7, 11) is 0. The maximum absolute atomic E-state index is 13.7. The normalized spacial score (nSPS) is 15.8. The van der Waals surface area contributed by atoms with Gasteiger partial charge in [0.15, 0.2) is 0 Å². The van der Waals surface area contributed by atoms with Crippen LogP contribution in [0, 0.1) is 23.1 Å². The lowest BCUT2D eigenvalue weighted by Gasteiger charge is -2.07. The first-order valence-electron chi connectivity index (χ1n) is 6.69. The highest BCUT2D eigenvalue weighted by Crippen LogP contribution is 2.40. The number of rotatable bonds is 4. The lowest BCUT2D eigenvalue weighted by molar-refractivity contribution is 0.154. The minimum atomic E-state index is -0.411. The lowest BCUT2D eigenvalue weighted by atomic mass is 10.1. The molecule has 1 atom stereocenters. The summed E-state index contributed by atoms with van der Waals surface area (Å²) in [6, 6.07) is 8.23. The zero-order valence-electron chi connectivity index (χ0n) is 11.0. The summed E-state index contributed by atoms with van der Waals surface area (Å²) in [5.74, 6) is 0.0616. The average molecular weight is 270 g/mol. The van der Waals surface area contributed by atoms with Gasteiger partial charge in [-0.2, -0.15) is 5.26 Å². The summed E-state index contributed by atoms with van der Waals surface area (Å²) in [5, 5.41) is 18.9. The Balaban J connectivity index is 1.79. The molecular formula is C16H15FN2O. The van der Waals surface area contributed by atoms with Gasteiger partial charge in [0.25, 0.3) is 0 Å². The Labute approximate surface area is 116 Å². The topological polar surface area (TPSA) is 49.0 Å². The Bertz CT molecular complexity index is 667. The Kier molecular flexibility index (Phi) is 3.29. The number of halogens is 1. The molecule has 0 radical (unpaired) electrons. The third-order valence-electron chi connectivity index (χ3n) is 3.71. The molecule has 3 rings (SSSR count). The molecular weight excluding hydrogens is 255 g/mol. The number of benzene rings is 1. The van der Waals surface area contributed by atoms with E-state index in [-0.39, 0.29) is 5.82 Å². The van der Waals surface area contributed by atoms with E-state index in [4.69, 9.17) is 5.26 Å². The predicted molar refractivity (Wildman–Crippen MR) is 72.3 cm³/mol. The van der Waals surface area contributed by atoms with Gasteiger partial charge in [-0.05, 0) is 48.6 Å². The molecule has 3 nitrogen and oxygen atoms in total. The maximum Gasteiger partial charge on any atom is 0.128 e. The highest BCUT2D eigenvalue weighted by Gasteiger charge is 2.31. The van der Waals surface area contributed by atoms with Crippen LogP contribution in [-0.4, -0.2) is 9.67 Å². The second kappa shape index (κ2) is 5.10. The van der Waals surface area contributed by atoms with E-state index in [1.54, 1.807) is 6.07 Å². The van der Waals surface area contributed by atoms with Crippen LogP contribution in [0.4, 0.5) is 4.39 Å². The van der Waals surface area contributed by atoms with Crippen LogP contribution in [0.5, 0.6) is 0 Å². The monoisotopic (exact) mass is 270 g/mol. The van der Waals surface area contributed by atoms with Crippen LogP contribution in [0.1, 0.15) is 35.6 Å². The van der Waals surface area contributed by atoms with Gasteiger partial charge in [-0.25, -0.2) is 4.39 Å². The van der Waals surface area contributed by atoms with Crippen LogP contribution in [-0.2, 0) is 6.54 Å². The number of hydrogen-bond donors (Lipinski definition) is 1.